The Balaban J connectivity index is 1.78. The number of carbonyl (C=O) groups is 1. The zero-order valence-electron chi connectivity index (χ0n) is 13.5. The summed E-state index contributed by atoms with van der Waals surface area (Å²) in [5.41, 5.74) is 1.01. The van der Waals surface area contributed by atoms with Crippen LogP contribution in [0, 0.1) is 5.82 Å². The molecule has 0 N–H and O–H groups in total. The standard InChI is InChI=1S/C17H20FN3O3/c1-2-23-12-16(22)21-9-13-5-4-8-20(13)10-14(11-21)24-17-15(18)6-3-7-19-17/h3-8,14H,2,9-12H2,1H3/t14-/m1/s1. The fourth-order valence-corrected chi connectivity index (χ4v) is 2.72. The highest BCUT2D eigenvalue weighted by Crippen LogP contribution is 2.19. The third-order valence-corrected chi connectivity index (χ3v) is 3.89. The molecule has 3 heterocycles. The maximum absolute atomic E-state index is 13.8. The fourth-order valence-electron chi connectivity index (χ4n) is 2.72. The van der Waals surface area contributed by atoms with Crippen LogP contribution in [0.15, 0.2) is 36.7 Å². The molecule has 0 saturated carbocycles. The molecule has 0 spiro atoms. The highest BCUT2D eigenvalue weighted by molar-refractivity contribution is 5.77. The van der Waals surface area contributed by atoms with Gasteiger partial charge >= 0.3 is 0 Å². The van der Waals surface area contributed by atoms with Crippen molar-refractivity contribution in [2.24, 2.45) is 0 Å². The first-order valence-electron chi connectivity index (χ1n) is 7.94. The van der Waals surface area contributed by atoms with Gasteiger partial charge in [0, 0.05) is 24.7 Å². The molecule has 128 valence electrons. The Bertz CT molecular complexity index is 704. The molecule has 0 radical (unpaired) electrons. The summed E-state index contributed by atoms with van der Waals surface area (Å²) in [4.78, 5) is 18.0. The summed E-state index contributed by atoms with van der Waals surface area (Å²) in [5, 5.41) is 0. The minimum atomic E-state index is -0.512. The van der Waals surface area contributed by atoms with Crippen LogP contribution in [0.1, 0.15) is 12.6 Å². The molecule has 0 saturated heterocycles. The van der Waals surface area contributed by atoms with Crippen LogP contribution in [0.4, 0.5) is 4.39 Å². The molecule has 2 aromatic rings. The highest BCUT2D eigenvalue weighted by atomic mass is 19.1. The summed E-state index contributed by atoms with van der Waals surface area (Å²) in [6.07, 6.45) is 3.01. The summed E-state index contributed by atoms with van der Waals surface area (Å²) >= 11 is 0. The number of pyridine rings is 1. The second-order valence-electron chi connectivity index (χ2n) is 5.59. The van der Waals surface area contributed by atoms with Crippen molar-refractivity contribution in [2.45, 2.75) is 26.1 Å². The van der Waals surface area contributed by atoms with Gasteiger partial charge < -0.3 is 18.9 Å². The molecule has 3 rings (SSSR count). The van der Waals surface area contributed by atoms with Crippen LogP contribution in [-0.4, -0.2) is 46.2 Å². The lowest BCUT2D eigenvalue weighted by atomic mass is 10.3. The first kappa shape index (κ1) is 16.4. The first-order valence-corrected chi connectivity index (χ1v) is 7.94. The van der Waals surface area contributed by atoms with Crippen LogP contribution in [0.2, 0.25) is 0 Å². The molecule has 7 heteroatoms. The number of halogens is 1. The molecule has 0 aromatic carbocycles. The van der Waals surface area contributed by atoms with Gasteiger partial charge in [-0.15, -0.1) is 0 Å². The van der Waals surface area contributed by atoms with Gasteiger partial charge in [-0.2, -0.15) is 0 Å². The topological polar surface area (TPSA) is 56.6 Å². The Hall–Kier alpha value is -2.41. The van der Waals surface area contributed by atoms with Crippen LogP contribution in [0.5, 0.6) is 5.88 Å². The SMILES string of the molecule is CCOCC(=O)N1Cc2cccn2C[C@@H](Oc2ncccc2F)C1. The van der Waals surface area contributed by atoms with Crippen LogP contribution < -0.4 is 4.74 Å². The molecule has 0 unspecified atom stereocenters. The molecule has 0 fully saturated rings. The molecule has 1 aliphatic rings. The van der Waals surface area contributed by atoms with E-state index in [0.717, 1.165) is 5.69 Å². The predicted molar refractivity (Wildman–Crippen MR) is 85.0 cm³/mol. The van der Waals surface area contributed by atoms with Crippen LogP contribution in [0.25, 0.3) is 0 Å². The van der Waals surface area contributed by atoms with Gasteiger partial charge in [0.1, 0.15) is 12.7 Å². The van der Waals surface area contributed by atoms with E-state index in [2.05, 4.69) is 4.98 Å². The van der Waals surface area contributed by atoms with Crippen molar-refractivity contribution in [3.63, 3.8) is 0 Å². The molecule has 1 amide bonds. The fraction of sp³-hybridized carbons (Fsp3) is 0.412. The summed E-state index contributed by atoms with van der Waals surface area (Å²) in [5.74, 6) is -0.668. The number of ether oxygens (including phenoxy) is 2. The Morgan fingerprint density at radius 2 is 2.25 bits per heavy atom. The largest absolute Gasteiger partial charge is 0.468 e. The van der Waals surface area contributed by atoms with Crippen molar-refractivity contribution in [3.8, 4) is 5.88 Å². The van der Waals surface area contributed by atoms with E-state index in [4.69, 9.17) is 9.47 Å². The van der Waals surface area contributed by atoms with Crippen molar-refractivity contribution >= 4 is 5.91 Å². The van der Waals surface area contributed by atoms with E-state index < -0.39 is 11.9 Å². The van der Waals surface area contributed by atoms with Crippen LogP contribution in [-0.2, 0) is 22.6 Å². The number of aromatic nitrogens is 2. The van der Waals surface area contributed by atoms with Crippen LogP contribution >= 0.6 is 0 Å². The number of hydrogen-bond acceptors (Lipinski definition) is 4. The number of hydrogen-bond donors (Lipinski definition) is 0. The third kappa shape index (κ3) is 3.73. The Morgan fingerprint density at radius 1 is 1.38 bits per heavy atom. The van der Waals surface area contributed by atoms with E-state index in [9.17, 15) is 9.18 Å². The maximum atomic E-state index is 13.8. The summed E-state index contributed by atoms with van der Waals surface area (Å²) in [7, 11) is 0. The molecular weight excluding hydrogens is 313 g/mol. The van der Waals surface area contributed by atoms with Gasteiger partial charge in [-0.1, -0.05) is 0 Å². The van der Waals surface area contributed by atoms with Gasteiger partial charge in [-0.05, 0) is 31.2 Å². The lowest BCUT2D eigenvalue weighted by molar-refractivity contribution is -0.137. The van der Waals surface area contributed by atoms with Crippen LogP contribution in [0.3, 0.4) is 0 Å². The van der Waals surface area contributed by atoms with Gasteiger partial charge in [0.2, 0.25) is 5.91 Å². The van der Waals surface area contributed by atoms with Crippen molar-refractivity contribution < 1.29 is 18.7 Å². The molecule has 0 bridgehead atoms. The van der Waals surface area contributed by atoms with E-state index in [0.29, 0.717) is 26.2 Å². The van der Waals surface area contributed by atoms with E-state index in [1.165, 1.54) is 18.3 Å². The monoisotopic (exact) mass is 333 g/mol. The number of amides is 1. The van der Waals surface area contributed by atoms with Gasteiger partial charge in [-0.25, -0.2) is 9.37 Å². The molecule has 6 nitrogen and oxygen atoms in total. The molecular formula is C17H20FN3O3. The molecule has 1 aliphatic heterocycles. The second-order valence-corrected chi connectivity index (χ2v) is 5.59. The third-order valence-electron chi connectivity index (χ3n) is 3.89. The van der Waals surface area contributed by atoms with E-state index in [1.54, 1.807) is 4.90 Å². The normalized spacial score (nSPS) is 17.2. The van der Waals surface area contributed by atoms with Gasteiger partial charge in [-0.3, -0.25) is 4.79 Å². The minimum absolute atomic E-state index is 0.0296. The highest BCUT2D eigenvalue weighted by Gasteiger charge is 2.26. The minimum Gasteiger partial charge on any atom is -0.468 e. The Kier molecular flexibility index (Phi) is 5.10. The number of rotatable bonds is 5. The van der Waals surface area contributed by atoms with E-state index in [1.807, 2.05) is 29.8 Å². The zero-order valence-corrected chi connectivity index (χ0v) is 13.5. The molecule has 1 atom stereocenters. The van der Waals surface area contributed by atoms with Gasteiger partial charge in [0.05, 0.1) is 19.6 Å². The molecule has 2 aromatic heterocycles. The maximum Gasteiger partial charge on any atom is 0.250 e. The molecule has 24 heavy (non-hydrogen) atoms. The summed E-state index contributed by atoms with van der Waals surface area (Å²) < 4.78 is 26.8. The number of nitrogens with zero attached hydrogens (tertiary/aromatic N) is 3. The van der Waals surface area contributed by atoms with Crippen molar-refractivity contribution in [2.75, 3.05) is 19.8 Å². The Labute approximate surface area is 139 Å². The van der Waals surface area contributed by atoms with Crippen molar-refractivity contribution in [1.82, 2.24) is 14.5 Å². The van der Waals surface area contributed by atoms with Crippen molar-refractivity contribution in [3.05, 3.63) is 48.2 Å². The Morgan fingerprint density at radius 3 is 3.04 bits per heavy atom. The molecule has 0 aliphatic carbocycles. The first-order chi connectivity index (χ1) is 11.7. The summed E-state index contributed by atoms with van der Waals surface area (Å²) in [6.45, 7) is 3.71. The van der Waals surface area contributed by atoms with Crippen molar-refractivity contribution in [1.29, 1.82) is 0 Å². The average molecular weight is 333 g/mol. The predicted octanol–water partition coefficient (Wildman–Crippen LogP) is 1.85. The van der Waals surface area contributed by atoms with E-state index in [-0.39, 0.29) is 18.4 Å². The number of carbonyl (C=O) groups excluding carboxylic acids is 1. The zero-order chi connectivity index (χ0) is 16.9. The lowest BCUT2D eigenvalue weighted by Gasteiger charge is -2.24. The van der Waals surface area contributed by atoms with Gasteiger partial charge in [0.25, 0.3) is 5.88 Å². The van der Waals surface area contributed by atoms with Gasteiger partial charge in [0.15, 0.2) is 5.82 Å². The second kappa shape index (κ2) is 7.44. The summed E-state index contributed by atoms with van der Waals surface area (Å²) in [6, 6.07) is 6.70. The number of fused-ring (bicyclic) bond motifs is 1. The average Bonchev–Trinajstić information content (AvgIpc) is 2.93. The smallest absolute Gasteiger partial charge is 0.250 e. The lowest BCUT2D eigenvalue weighted by Crippen LogP contribution is -2.40. The van der Waals surface area contributed by atoms with E-state index >= 15 is 0 Å². The quantitative estimate of drug-likeness (QED) is 0.838.